The minimum Gasteiger partial charge on any atom is -0.300 e. The SMILES string of the molecule is O=S(=O)(c1cc(C(F)(F)F)cc(C(F)(F)F)c1)N1CCN(CCc2cccs2)CC1. The van der Waals surface area contributed by atoms with Gasteiger partial charge in [0.05, 0.1) is 16.0 Å². The van der Waals surface area contributed by atoms with Crippen LogP contribution in [0.3, 0.4) is 0 Å². The van der Waals surface area contributed by atoms with E-state index in [1.165, 1.54) is 4.88 Å². The normalized spacial score (nSPS) is 17.4. The smallest absolute Gasteiger partial charge is 0.300 e. The largest absolute Gasteiger partial charge is 0.416 e. The Morgan fingerprint density at radius 1 is 0.900 bits per heavy atom. The zero-order chi connectivity index (χ0) is 22.2. The number of piperazine rings is 1. The van der Waals surface area contributed by atoms with E-state index < -0.39 is 38.4 Å². The van der Waals surface area contributed by atoms with E-state index in [4.69, 9.17) is 0 Å². The van der Waals surface area contributed by atoms with Crippen LogP contribution >= 0.6 is 11.3 Å². The Bertz CT molecular complexity index is 931. The van der Waals surface area contributed by atoms with Crippen LogP contribution in [0.5, 0.6) is 0 Å². The van der Waals surface area contributed by atoms with Crippen molar-refractivity contribution in [2.75, 3.05) is 32.7 Å². The number of sulfonamides is 1. The van der Waals surface area contributed by atoms with Gasteiger partial charge in [0.15, 0.2) is 0 Å². The van der Waals surface area contributed by atoms with Gasteiger partial charge in [-0.25, -0.2) is 8.42 Å². The maximum atomic E-state index is 13.0. The van der Waals surface area contributed by atoms with Gasteiger partial charge in [0.1, 0.15) is 0 Å². The van der Waals surface area contributed by atoms with Crippen molar-refractivity contribution in [3.05, 3.63) is 51.7 Å². The van der Waals surface area contributed by atoms with Gasteiger partial charge in [-0.3, -0.25) is 0 Å². The number of hydrogen-bond donors (Lipinski definition) is 0. The standard InChI is InChI=1S/C18H18F6N2O2S2/c19-17(20,21)13-10-14(18(22,23)24)12-16(11-13)30(27,28)26-7-5-25(6-8-26)4-3-15-2-1-9-29-15/h1-2,9-12H,3-8H2. The molecule has 0 radical (unpaired) electrons. The first-order valence-electron chi connectivity index (χ1n) is 8.92. The average Bonchev–Trinajstić information content (AvgIpc) is 3.18. The lowest BCUT2D eigenvalue weighted by Gasteiger charge is -2.34. The van der Waals surface area contributed by atoms with Gasteiger partial charge in [-0.1, -0.05) is 6.07 Å². The molecule has 3 rings (SSSR count). The van der Waals surface area contributed by atoms with Crippen molar-refractivity contribution < 1.29 is 34.8 Å². The predicted molar refractivity (Wildman–Crippen MR) is 99.7 cm³/mol. The van der Waals surface area contributed by atoms with Crippen molar-refractivity contribution in [3.8, 4) is 0 Å². The minimum atomic E-state index is -5.11. The first-order valence-corrected chi connectivity index (χ1v) is 11.2. The lowest BCUT2D eigenvalue weighted by Crippen LogP contribution is -2.49. The Morgan fingerprint density at radius 2 is 1.47 bits per heavy atom. The summed E-state index contributed by atoms with van der Waals surface area (Å²) in [5.41, 5.74) is -3.30. The molecule has 4 nitrogen and oxygen atoms in total. The lowest BCUT2D eigenvalue weighted by molar-refractivity contribution is -0.143. The fourth-order valence-corrected chi connectivity index (χ4v) is 5.33. The van der Waals surface area contributed by atoms with Crippen LogP contribution in [0.1, 0.15) is 16.0 Å². The molecule has 1 saturated heterocycles. The number of alkyl halides is 6. The molecule has 0 amide bonds. The van der Waals surface area contributed by atoms with Crippen LogP contribution in [0.15, 0.2) is 40.6 Å². The summed E-state index contributed by atoms with van der Waals surface area (Å²) in [6.45, 7) is 1.36. The molecular weight excluding hydrogens is 454 g/mol. The highest BCUT2D eigenvalue weighted by Gasteiger charge is 2.39. The van der Waals surface area contributed by atoms with Crippen molar-refractivity contribution in [2.45, 2.75) is 23.7 Å². The predicted octanol–water partition coefficient (Wildman–Crippen LogP) is 4.33. The zero-order valence-electron chi connectivity index (χ0n) is 15.5. The van der Waals surface area contributed by atoms with E-state index in [9.17, 15) is 34.8 Å². The van der Waals surface area contributed by atoms with Gasteiger partial charge < -0.3 is 4.90 Å². The third kappa shape index (κ3) is 5.34. The maximum Gasteiger partial charge on any atom is 0.416 e. The Morgan fingerprint density at radius 3 is 1.93 bits per heavy atom. The summed E-state index contributed by atoms with van der Waals surface area (Å²) in [6.07, 6.45) is -9.43. The van der Waals surface area contributed by atoms with Crippen LogP contribution in [0, 0.1) is 0 Å². The van der Waals surface area contributed by atoms with Crippen molar-refractivity contribution in [1.29, 1.82) is 0 Å². The van der Waals surface area contributed by atoms with E-state index in [1.54, 1.807) is 11.3 Å². The van der Waals surface area contributed by atoms with E-state index in [0.717, 1.165) is 10.7 Å². The first kappa shape index (κ1) is 23.0. The summed E-state index contributed by atoms with van der Waals surface area (Å²) in [5, 5.41) is 1.95. The van der Waals surface area contributed by atoms with Crippen LogP contribution in [0.2, 0.25) is 0 Å². The number of benzene rings is 1. The van der Waals surface area contributed by atoms with Crippen molar-refractivity contribution >= 4 is 21.4 Å². The monoisotopic (exact) mass is 472 g/mol. The van der Waals surface area contributed by atoms with Gasteiger partial charge in [0.2, 0.25) is 10.0 Å². The van der Waals surface area contributed by atoms with Gasteiger partial charge in [0.25, 0.3) is 0 Å². The molecule has 12 heteroatoms. The second-order valence-electron chi connectivity index (χ2n) is 6.82. The molecule has 0 bridgehead atoms. The second-order valence-corrected chi connectivity index (χ2v) is 9.79. The zero-order valence-corrected chi connectivity index (χ0v) is 17.1. The molecule has 2 aromatic rings. The number of halogens is 6. The highest BCUT2D eigenvalue weighted by molar-refractivity contribution is 7.89. The highest BCUT2D eigenvalue weighted by atomic mass is 32.2. The number of nitrogens with zero attached hydrogens (tertiary/aromatic N) is 2. The van der Waals surface area contributed by atoms with Gasteiger partial charge in [-0.2, -0.15) is 30.6 Å². The van der Waals surface area contributed by atoms with Crippen LogP contribution in [-0.4, -0.2) is 50.3 Å². The molecule has 0 atom stereocenters. The average molecular weight is 472 g/mol. The van der Waals surface area contributed by atoms with E-state index in [1.807, 2.05) is 22.4 Å². The Labute approximate surface area is 173 Å². The highest BCUT2D eigenvalue weighted by Crippen LogP contribution is 2.37. The third-order valence-electron chi connectivity index (χ3n) is 4.78. The summed E-state index contributed by atoms with van der Waals surface area (Å²) in [4.78, 5) is 2.18. The minimum absolute atomic E-state index is 0.00955. The summed E-state index contributed by atoms with van der Waals surface area (Å²) in [7, 11) is -4.50. The number of hydrogen-bond acceptors (Lipinski definition) is 4. The van der Waals surface area contributed by atoms with E-state index in [2.05, 4.69) is 0 Å². The molecule has 0 N–H and O–H groups in total. The van der Waals surface area contributed by atoms with E-state index in [-0.39, 0.29) is 31.3 Å². The molecule has 0 unspecified atom stereocenters. The molecular formula is C18H18F6N2O2S2. The molecule has 1 aliphatic rings. The topological polar surface area (TPSA) is 40.6 Å². The van der Waals surface area contributed by atoms with Crippen LogP contribution < -0.4 is 0 Å². The first-order chi connectivity index (χ1) is 13.9. The van der Waals surface area contributed by atoms with Gasteiger partial charge >= 0.3 is 12.4 Å². The van der Waals surface area contributed by atoms with E-state index >= 15 is 0 Å². The Balaban J connectivity index is 1.77. The number of rotatable bonds is 5. The van der Waals surface area contributed by atoms with Crippen LogP contribution in [0.4, 0.5) is 26.3 Å². The third-order valence-corrected chi connectivity index (χ3v) is 7.60. The molecule has 0 spiro atoms. The quantitative estimate of drug-likeness (QED) is 0.609. The molecule has 166 valence electrons. The van der Waals surface area contributed by atoms with Crippen LogP contribution in [-0.2, 0) is 28.8 Å². The maximum absolute atomic E-state index is 13.0. The van der Waals surface area contributed by atoms with Crippen molar-refractivity contribution in [3.63, 3.8) is 0 Å². The molecule has 30 heavy (non-hydrogen) atoms. The lowest BCUT2D eigenvalue weighted by atomic mass is 10.1. The van der Waals surface area contributed by atoms with Crippen molar-refractivity contribution in [2.24, 2.45) is 0 Å². The molecule has 1 aromatic heterocycles. The Hall–Kier alpha value is -1.63. The molecule has 1 aliphatic heterocycles. The summed E-state index contributed by atoms with van der Waals surface area (Å²) >= 11 is 1.60. The number of thiophene rings is 1. The fourth-order valence-electron chi connectivity index (χ4n) is 3.14. The van der Waals surface area contributed by atoms with Gasteiger partial charge in [-0.15, -0.1) is 11.3 Å². The molecule has 1 fully saturated rings. The van der Waals surface area contributed by atoms with E-state index in [0.29, 0.717) is 19.6 Å². The fraction of sp³-hybridized carbons (Fsp3) is 0.444. The van der Waals surface area contributed by atoms with Gasteiger partial charge in [0, 0.05) is 37.6 Å². The molecule has 0 saturated carbocycles. The molecule has 0 aliphatic carbocycles. The molecule has 2 heterocycles. The summed E-state index contributed by atoms with van der Waals surface area (Å²) in [6, 6.07) is 4.34. The van der Waals surface area contributed by atoms with Crippen LogP contribution in [0.25, 0.3) is 0 Å². The molecule has 1 aromatic carbocycles. The Kier molecular flexibility index (Phi) is 6.51. The van der Waals surface area contributed by atoms with Gasteiger partial charge in [-0.05, 0) is 36.1 Å². The van der Waals surface area contributed by atoms with Crippen molar-refractivity contribution in [1.82, 2.24) is 9.21 Å². The second kappa shape index (κ2) is 8.48. The summed E-state index contributed by atoms with van der Waals surface area (Å²) in [5.74, 6) is 0. The summed E-state index contributed by atoms with van der Waals surface area (Å²) < 4.78 is 105.